The normalized spacial score (nSPS) is 11.1. The minimum absolute atomic E-state index is 0.163. The van der Waals surface area contributed by atoms with Gasteiger partial charge in [-0.1, -0.05) is 11.8 Å². The first-order valence-corrected chi connectivity index (χ1v) is 6.65. The first-order valence-electron chi connectivity index (χ1n) is 5.84. The van der Waals surface area contributed by atoms with E-state index in [0.717, 1.165) is 16.0 Å². The molecular weight excluding hydrogens is 278 g/mol. The summed E-state index contributed by atoms with van der Waals surface area (Å²) < 4.78 is 6.87. The van der Waals surface area contributed by atoms with Crippen LogP contribution in [0.1, 0.15) is 16.1 Å². The number of hydrogen-bond donors (Lipinski definition) is 1. The Balaban J connectivity index is 2.22. The number of aromatic nitrogens is 3. The second kappa shape index (κ2) is 4.68. The van der Waals surface area contributed by atoms with E-state index >= 15 is 0 Å². The molecule has 7 heteroatoms. The molecule has 102 valence electrons. The fourth-order valence-corrected chi connectivity index (χ4v) is 2.96. The number of carboxylic acids is 1. The molecule has 1 N–H and O–H groups in total. The highest BCUT2D eigenvalue weighted by Gasteiger charge is 2.19. The molecule has 0 atom stereocenters. The third-order valence-corrected chi connectivity index (χ3v) is 4.25. The van der Waals surface area contributed by atoms with E-state index in [-0.39, 0.29) is 5.56 Å². The molecule has 0 aliphatic rings. The summed E-state index contributed by atoms with van der Waals surface area (Å²) in [6.45, 7) is 1.84. The van der Waals surface area contributed by atoms with Crippen molar-refractivity contribution in [1.82, 2.24) is 14.8 Å². The van der Waals surface area contributed by atoms with Gasteiger partial charge in [0.05, 0.1) is 28.3 Å². The van der Waals surface area contributed by atoms with Crippen LogP contribution in [0.15, 0.2) is 38.9 Å². The molecule has 0 amide bonds. The number of pyridine rings is 1. The zero-order valence-electron chi connectivity index (χ0n) is 10.8. The molecule has 6 nitrogen and oxygen atoms in total. The van der Waals surface area contributed by atoms with Crippen molar-refractivity contribution in [3.63, 3.8) is 0 Å². The van der Waals surface area contributed by atoms with Crippen LogP contribution in [0.5, 0.6) is 0 Å². The zero-order chi connectivity index (χ0) is 14.3. The van der Waals surface area contributed by atoms with Crippen LogP contribution in [0.25, 0.3) is 11.0 Å². The van der Waals surface area contributed by atoms with Gasteiger partial charge < -0.3 is 9.52 Å². The number of fused-ring (bicyclic) bond motifs is 1. The Labute approximate surface area is 118 Å². The van der Waals surface area contributed by atoms with E-state index in [1.165, 1.54) is 18.0 Å². The SMILES string of the molecule is Cc1occc1Sc1c(C(=O)O)cnc2c1cnn2C. The predicted octanol–water partition coefficient (Wildman–Crippen LogP) is 2.72. The molecule has 3 rings (SSSR count). The number of carboxylic acid groups (broad SMARTS) is 1. The van der Waals surface area contributed by atoms with Crippen molar-refractivity contribution in [2.24, 2.45) is 7.05 Å². The van der Waals surface area contributed by atoms with E-state index in [1.54, 1.807) is 24.2 Å². The van der Waals surface area contributed by atoms with Gasteiger partial charge in [-0.2, -0.15) is 5.10 Å². The van der Waals surface area contributed by atoms with Crippen molar-refractivity contribution >= 4 is 28.8 Å². The fraction of sp³-hybridized carbons (Fsp3) is 0.154. The summed E-state index contributed by atoms with van der Waals surface area (Å²) in [6, 6.07) is 1.81. The molecule has 0 radical (unpaired) electrons. The van der Waals surface area contributed by atoms with Crippen molar-refractivity contribution in [1.29, 1.82) is 0 Å². The van der Waals surface area contributed by atoms with Crippen LogP contribution < -0.4 is 0 Å². The lowest BCUT2D eigenvalue weighted by Crippen LogP contribution is -2.01. The van der Waals surface area contributed by atoms with Gasteiger partial charge in [-0.25, -0.2) is 9.78 Å². The lowest BCUT2D eigenvalue weighted by molar-refractivity contribution is 0.0693. The lowest BCUT2D eigenvalue weighted by Gasteiger charge is -2.06. The topological polar surface area (TPSA) is 81.2 Å². The number of rotatable bonds is 3. The molecule has 0 aliphatic heterocycles. The van der Waals surface area contributed by atoms with Crippen LogP contribution in [0, 0.1) is 6.92 Å². The molecule has 0 spiro atoms. The molecule has 0 bridgehead atoms. The maximum Gasteiger partial charge on any atom is 0.338 e. The lowest BCUT2D eigenvalue weighted by atomic mass is 10.2. The molecule has 3 heterocycles. The van der Waals surface area contributed by atoms with E-state index < -0.39 is 5.97 Å². The second-order valence-electron chi connectivity index (χ2n) is 4.25. The first kappa shape index (κ1) is 12.7. The average Bonchev–Trinajstić information content (AvgIpc) is 2.97. The van der Waals surface area contributed by atoms with Gasteiger partial charge in [-0.3, -0.25) is 4.68 Å². The van der Waals surface area contributed by atoms with Gasteiger partial charge in [0.15, 0.2) is 5.65 Å². The Morgan fingerprint density at radius 3 is 2.90 bits per heavy atom. The Hall–Kier alpha value is -2.28. The first-order chi connectivity index (χ1) is 9.58. The van der Waals surface area contributed by atoms with Crippen LogP contribution in [0.3, 0.4) is 0 Å². The summed E-state index contributed by atoms with van der Waals surface area (Å²) in [5, 5.41) is 14.2. The van der Waals surface area contributed by atoms with Gasteiger partial charge in [0.1, 0.15) is 5.76 Å². The number of aryl methyl sites for hydroxylation is 2. The number of carbonyl (C=O) groups is 1. The summed E-state index contributed by atoms with van der Waals surface area (Å²) in [7, 11) is 1.77. The van der Waals surface area contributed by atoms with E-state index in [4.69, 9.17) is 4.42 Å². The molecule has 20 heavy (non-hydrogen) atoms. The minimum Gasteiger partial charge on any atom is -0.478 e. The van der Waals surface area contributed by atoms with Crippen molar-refractivity contribution in [3.8, 4) is 0 Å². The third-order valence-electron chi connectivity index (χ3n) is 2.97. The Morgan fingerprint density at radius 2 is 2.25 bits per heavy atom. The van der Waals surface area contributed by atoms with Gasteiger partial charge in [0.25, 0.3) is 0 Å². The van der Waals surface area contributed by atoms with Crippen LogP contribution in [0.4, 0.5) is 0 Å². The molecule has 0 aromatic carbocycles. The summed E-state index contributed by atoms with van der Waals surface area (Å²) in [4.78, 5) is 17.0. The Kier molecular flexibility index (Phi) is 2.98. The third kappa shape index (κ3) is 1.96. The molecule has 0 fully saturated rings. The summed E-state index contributed by atoms with van der Waals surface area (Å²) >= 11 is 1.35. The van der Waals surface area contributed by atoms with E-state index in [9.17, 15) is 9.90 Å². The van der Waals surface area contributed by atoms with Crippen LogP contribution in [-0.2, 0) is 7.05 Å². The highest BCUT2D eigenvalue weighted by atomic mass is 32.2. The van der Waals surface area contributed by atoms with Gasteiger partial charge >= 0.3 is 5.97 Å². The second-order valence-corrected chi connectivity index (χ2v) is 5.31. The van der Waals surface area contributed by atoms with Crippen LogP contribution in [-0.4, -0.2) is 25.8 Å². The zero-order valence-corrected chi connectivity index (χ0v) is 11.6. The standard InChI is InChI=1S/C13H11N3O3S/c1-7-10(3-4-19-7)20-11-8-6-15-16(2)12(8)14-5-9(11)13(17)18/h3-6H,1-2H3,(H,17,18). The molecule has 3 aromatic heterocycles. The average molecular weight is 289 g/mol. The minimum atomic E-state index is -1.01. The number of hydrogen-bond acceptors (Lipinski definition) is 5. The largest absolute Gasteiger partial charge is 0.478 e. The van der Waals surface area contributed by atoms with E-state index in [1.807, 2.05) is 13.0 Å². The van der Waals surface area contributed by atoms with Gasteiger partial charge in [-0.05, 0) is 13.0 Å². The predicted molar refractivity (Wildman–Crippen MR) is 73.0 cm³/mol. The summed E-state index contributed by atoms with van der Waals surface area (Å²) in [5.74, 6) is -0.257. The van der Waals surface area contributed by atoms with Crippen molar-refractivity contribution < 1.29 is 14.3 Å². The van der Waals surface area contributed by atoms with Gasteiger partial charge in [0.2, 0.25) is 0 Å². The highest BCUT2D eigenvalue weighted by Crippen LogP contribution is 2.37. The fourth-order valence-electron chi connectivity index (χ4n) is 1.93. The smallest absolute Gasteiger partial charge is 0.338 e. The van der Waals surface area contributed by atoms with Crippen LogP contribution >= 0.6 is 11.8 Å². The molecular formula is C13H11N3O3S. The van der Waals surface area contributed by atoms with Gasteiger partial charge in [0, 0.05) is 18.1 Å². The molecule has 0 unspecified atom stereocenters. The van der Waals surface area contributed by atoms with Gasteiger partial charge in [-0.15, -0.1) is 0 Å². The summed E-state index contributed by atoms with van der Waals surface area (Å²) in [5.41, 5.74) is 0.815. The van der Waals surface area contributed by atoms with Crippen molar-refractivity contribution in [2.75, 3.05) is 0 Å². The molecule has 3 aromatic rings. The number of nitrogens with zero attached hydrogens (tertiary/aromatic N) is 3. The van der Waals surface area contributed by atoms with Crippen molar-refractivity contribution in [2.45, 2.75) is 16.7 Å². The number of aromatic carboxylic acids is 1. The summed E-state index contributed by atoms with van der Waals surface area (Å²) in [6.07, 6.45) is 4.58. The monoisotopic (exact) mass is 289 g/mol. The molecule has 0 saturated carbocycles. The van der Waals surface area contributed by atoms with Crippen LogP contribution in [0.2, 0.25) is 0 Å². The highest BCUT2D eigenvalue weighted by molar-refractivity contribution is 7.99. The maximum absolute atomic E-state index is 11.4. The quantitative estimate of drug-likeness (QED) is 0.798. The molecule has 0 aliphatic carbocycles. The Morgan fingerprint density at radius 1 is 1.45 bits per heavy atom. The maximum atomic E-state index is 11.4. The number of furan rings is 1. The van der Waals surface area contributed by atoms with E-state index in [0.29, 0.717) is 10.5 Å². The van der Waals surface area contributed by atoms with Crippen molar-refractivity contribution in [3.05, 3.63) is 36.0 Å². The Bertz CT molecular complexity index is 806. The molecule has 0 saturated heterocycles. The van der Waals surface area contributed by atoms with E-state index in [2.05, 4.69) is 10.1 Å².